The van der Waals surface area contributed by atoms with Crippen molar-refractivity contribution in [1.82, 2.24) is 30.4 Å². The number of thiophene rings is 1. The summed E-state index contributed by atoms with van der Waals surface area (Å²) in [5.41, 5.74) is 0.674. The molecule has 11 nitrogen and oxygen atoms in total. The molecule has 0 aliphatic heterocycles. The maximum atomic E-state index is 13.8. The lowest BCUT2D eigenvalue weighted by atomic mass is 9.95. The minimum atomic E-state index is -0.745. The molecule has 1 N–H and O–H groups in total. The van der Waals surface area contributed by atoms with Gasteiger partial charge in [-0.2, -0.15) is 4.80 Å². The molecule has 2 heterocycles. The van der Waals surface area contributed by atoms with Crippen LogP contribution in [0, 0.1) is 0 Å². The average molecular weight is 571 g/mol. The summed E-state index contributed by atoms with van der Waals surface area (Å²) in [6.45, 7) is 3.21. The molecule has 1 aromatic carbocycles. The van der Waals surface area contributed by atoms with E-state index in [1.165, 1.54) is 22.6 Å². The van der Waals surface area contributed by atoms with Gasteiger partial charge in [-0.1, -0.05) is 25.3 Å². The first-order valence-corrected chi connectivity index (χ1v) is 14.6. The Balaban J connectivity index is 1.55. The molecule has 1 aliphatic rings. The largest absolute Gasteiger partial charge is 0.493 e. The summed E-state index contributed by atoms with van der Waals surface area (Å²) < 4.78 is 16.2. The predicted octanol–water partition coefficient (Wildman–Crippen LogP) is 3.86. The number of aromatic nitrogens is 4. The van der Waals surface area contributed by atoms with Crippen LogP contribution >= 0.6 is 11.3 Å². The zero-order valence-electron chi connectivity index (χ0n) is 23.4. The maximum Gasteiger partial charge on any atom is 0.248 e. The topological polar surface area (TPSA) is 121 Å². The molecule has 0 radical (unpaired) electrons. The van der Waals surface area contributed by atoms with Crippen molar-refractivity contribution in [3.8, 4) is 22.9 Å². The predicted molar refractivity (Wildman–Crippen MR) is 151 cm³/mol. The summed E-state index contributed by atoms with van der Waals surface area (Å²) in [5, 5.41) is 17.8. The van der Waals surface area contributed by atoms with Crippen molar-refractivity contribution in [2.45, 2.75) is 64.1 Å². The van der Waals surface area contributed by atoms with Gasteiger partial charge < -0.3 is 24.4 Å². The van der Waals surface area contributed by atoms with E-state index in [1.807, 2.05) is 24.4 Å². The minimum absolute atomic E-state index is 0.130. The Labute approximate surface area is 238 Å². The Kier molecular flexibility index (Phi) is 10.9. The number of carbonyl (C=O) groups excluding carboxylic acids is 2. The second-order valence-corrected chi connectivity index (χ2v) is 10.6. The number of rotatable bonds is 14. The number of benzene rings is 1. The molecule has 1 saturated carbocycles. The first-order valence-electron chi connectivity index (χ1n) is 13.7. The smallest absolute Gasteiger partial charge is 0.248 e. The minimum Gasteiger partial charge on any atom is -0.493 e. The van der Waals surface area contributed by atoms with Gasteiger partial charge >= 0.3 is 0 Å². The fourth-order valence-corrected chi connectivity index (χ4v) is 5.72. The van der Waals surface area contributed by atoms with Crippen LogP contribution in [0.25, 0.3) is 11.4 Å². The van der Waals surface area contributed by atoms with Gasteiger partial charge in [-0.3, -0.25) is 9.59 Å². The van der Waals surface area contributed by atoms with Crippen LogP contribution < -0.4 is 14.8 Å². The van der Waals surface area contributed by atoms with E-state index in [1.54, 1.807) is 37.3 Å². The number of tetrazole rings is 1. The molecule has 12 heteroatoms. The van der Waals surface area contributed by atoms with E-state index in [-0.39, 0.29) is 24.4 Å². The zero-order valence-corrected chi connectivity index (χ0v) is 24.2. The highest BCUT2D eigenvalue weighted by Crippen LogP contribution is 2.31. The summed E-state index contributed by atoms with van der Waals surface area (Å²) in [4.78, 5) is 31.2. The fourth-order valence-electron chi connectivity index (χ4n) is 4.89. The Hall–Kier alpha value is -3.51. The highest BCUT2D eigenvalue weighted by molar-refractivity contribution is 7.10. The van der Waals surface area contributed by atoms with Gasteiger partial charge in [-0.15, -0.1) is 21.5 Å². The molecular formula is C28H38N6O5S. The number of amides is 2. The van der Waals surface area contributed by atoms with E-state index in [2.05, 4.69) is 20.7 Å². The van der Waals surface area contributed by atoms with E-state index in [4.69, 9.17) is 14.2 Å². The second-order valence-electron chi connectivity index (χ2n) is 9.61. The van der Waals surface area contributed by atoms with Gasteiger partial charge in [0, 0.05) is 36.2 Å². The summed E-state index contributed by atoms with van der Waals surface area (Å²) in [7, 11) is 3.12. The lowest BCUT2D eigenvalue weighted by Crippen LogP contribution is -2.48. The van der Waals surface area contributed by atoms with E-state index in [9.17, 15) is 9.59 Å². The van der Waals surface area contributed by atoms with Gasteiger partial charge in [-0.05, 0) is 61.0 Å². The number of carbonyl (C=O) groups is 2. The van der Waals surface area contributed by atoms with Crippen molar-refractivity contribution in [3.05, 3.63) is 40.6 Å². The standard InChI is InChI=1S/C28H38N6O5S/c1-4-39-16-9-15-33(26(24-12-8-17-40-24)28(36)29-21-10-6-5-7-11-21)25(35)19-34-31-27(30-32-34)20-13-14-22(37-2)23(18-20)38-3/h8,12-14,17-18,21,26H,4-7,9-11,15-16,19H2,1-3H3,(H,29,36)/t26-/m1/s1. The van der Waals surface area contributed by atoms with Gasteiger partial charge in [0.1, 0.15) is 12.6 Å². The first kappa shape index (κ1) is 29.5. The molecular weight excluding hydrogens is 532 g/mol. The summed E-state index contributed by atoms with van der Waals surface area (Å²) >= 11 is 1.47. The molecule has 0 spiro atoms. The summed E-state index contributed by atoms with van der Waals surface area (Å²) in [6.07, 6.45) is 5.92. The Morgan fingerprint density at radius 2 is 1.95 bits per heavy atom. The molecule has 40 heavy (non-hydrogen) atoms. The van der Waals surface area contributed by atoms with Gasteiger partial charge in [0.2, 0.25) is 17.6 Å². The number of hydrogen-bond acceptors (Lipinski definition) is 9. The third kappa shape index (κ3) is 7.57. The monoisotopic (exact) mass is 570 g/mol. The molecule has 3 aromatic rings. The molecule has 2 aromatic heterocycles. The molecule has 0 unspecified atom stereocenters. The summed E-state index contributed by atoms with van der Waals surface area (Å²) in [6, 6.07) is 8.50. The lowest BCUT2D eigenvalue weighted by Gasteiger charge is -2.32. The van der Waals surface area contributed by atoms with Crippen molar-refractivity contribution in [3.63, 3.8) is 0 Å². The molecule has 1 atom stereocenters. The number of nitrogens with one attached hydrogen (secondary N) is 1. The molecule has 0 bridgehead atoms. The van der Waals surface area contributed by atoms with Crippen molar-refractivity contribution in [1.29, 1.82) is 0 Å². The van der Waals surface area contributed by atoms with Crippen LogP contribution in [0.4, 0.5) is 0 Å². The number of hydrogen-bond donors (Lipinski definition) is 1. The lowest BCUT2D eigenvalue weighted by molar-refractivity contribution is -0.142. The molecule has 2 amide bonds. The number of ether oxygens (including phenoxy) is 3. The van der Waals surface area contributed by atoms with Crippen LogP contribution in [-0.4, -0.2) is 76.9 Å². The maximum absolute atomic E-state index is 13.8. The third-order valence-electron chi connectivity index (χ3n) is 6.91. The van der Waals surface area contributed by atoms with Gasteiger partial charge in [-0.25, -0.2) is 0 Å². The van der Waals surface area contributed by atoms with E-state index >= 15 is 0 Å². The van der Waals surface area contributed by atoms with E-state index in [0.29, 0.717) is 49.1 Å². The van der Waals surface area contributed by atoms with Crippen LogP contribution in [0.1, 0.15) is 56.4 Å². The Morgan fingerprint density at radius 3 is 2.65 bits per heavy atom. The highest BCUT2D eigenvalue weighted by Gasteiger charge is 2.33. The number of methoxy groups -OCH3 is 2. The summed E-state index contributed by atoms with van der Waals surface area (Å²) in [5.74, 6) is 1.04. The van der Waals surface area contributed by atoms with Crippen LogP contribution in [0.3, 0.4) is 0 Å². The van der Waals surface area contributed by atoms with E-state index in [0.717, 1.165) is 30.6 Å². The second kappa shape index (κ2) is 14.8. The quantitative estimate of drug-likeness (QED) is 0.290. The van der Waals surface area contributed by atoms with Crippen LogP contribution in [0.15, 0.2) is 35.7 Å². The molecule has 1 fully saturated rings. The Morgan fingerprint density at radius 1 is 1.15 bits per heavy atom. The fraction of sp³-hybridized carbons (Fsp3) is 0.536. The molecule has 216 valence electrons. The van der Waals surface area contributed by atoms with Crippen LogP contribution in [0.2, 0.25) is 0 Å². The van der Waals surface area contributed by atoms with Gasteiger partial charge in [0.25, 0.3) is 0 Å². The molecule has 4 rings (SSSR count). The highest BCUT2D eigenvalue weighted by atomic mass is 32.1. The van der Waals surface area contributed by atoms with Crippen molar-refractivity contribution in [2.24, 2.45) is 0 Å². The van der Waals surface area contributed by atoms with Crippen LogP contribution in [0.5, 0.6) is 11.5 Å². The van der Waals surface area contributed by atoms with Gasteiger partial charge in [0.15, 0.2) is 11.5 Å². The van der Waals surface area contributed by atoms with Gasteiger partial charge in [0.05, 0.1) is 14.2 Å². The number of nitrogens with zero attached hydrogens (tertiary/aromatic N) is 5. The first-order chi connectivity index (χ1) is 19.5. The normalized spacial score (nSPS) is 14.5. The van der Waals surface area contributed by atoms with Crippen molar-refractivity contribution < 1.29 is 23.8 Å². The van der Waals surface area contributed by atoms with Crippen molar-refractivity contribution >= 4 is 23.2 Å². The average Bonchev–Trinajstić information content (AvgIpc) is 3.67. The SMILES string of the molecule is CCOCCCN(C(=O)Cn1nnc(-c2ccc(OC)c(OC)c2)n1)[C@@H](C(=O)NC1CCCCC1)c1cccs1. The van der Waals surface area contributed by atoms with Crippen LogP contribution in [-0.2, 0) is 20.9 Å². The van der Waals surface area contributed by atoms with E-state index < -0.39 is 6.04 Å². The zero-order chi connectivity index (χ0) is 28.3. The molecule has 0 saturated heterocycles. The third-order valence-corrected chi connectivity index (χ3v) is 7.83. The molecule has 1 aliphatic carbocycles. The van der Waals surface area contributed by atoms with Crippen molar-refractivity contribution in [2.75, 3.05) is 34.0 Å². The Bertz CT molecular complexity index is 1230.